The second-order valence-corrected chi connectivity index (χ2v) is 15.3. The van der Waals surface area contributed by atoms with Gasteiger partial charge in [0.2, 0.25) is 11.8 Å². The van der Waals surface area contributed by atoms with E-state index in [1.807, 2.05) is 57.5 Å². The molecule has 1 aliphatic heterocycles. The van der Waals surface area contributed by atoms with E-state index in [0.29, 0.717) is 53.1 Å². The summed E-state index contributed by atoms with van der Waals surface area (Å²) in [5.74, 6) is -0.851. The molecule has 1 aliphatic rings. The van der Waals surface area contributed by atoms with Crippen LogP contribution in [0.4, 0.5) is 0 Å². The van der Waals surface area contributed by atoms with E-state index in [-0.39, 0.29) is 54.5 Å². The van der Waals surface area contributed by atoms with E-state index in [4.69, 9.17) is 9.26 Å². The number of benzene rings is 2. The minimum Gasteiger partial charge on any atom is -0.507 e. The van der Waals surface area contributed by atoms with Crippen molar-refractivity contribution in [1.29, 1.82) is 0 Å². The van der Waals surface area contributed by atoms with Crippen LogP contribution in [0.2, 0.25) is 0 Å². The summed E-state index contributed by atoms with van der Waals surface area (Å²) in [6.45, 7) is 8.61. The predicted molar refractivity (Wildman–Crippen MR) is 211 cm³/mol. The monoisotopic (exact) mass is 776 g/mol. The molecule has 0 radical (unpaired) electrons. The molecule has 3 atom stereocenters. The number of ether oxygens (including phenoxy) is 1. The molecule has 6 aromatic rings. The molecule has 1 unspecified atom stereocenters. The first-order valence-corrected chi connectivity index (χ1v) is 19.5. The number of hydrogen-bond donors (Lipinski definition) is 3. The van der Waals surface area contributed by atoms with Gasteiger partial charge in [0.15, 0.2) is 11.4 Å². The van der Waals surface area contributed by atoms with Crippen molar-refractivity contribution in [3.8, 4) is 33.3 Å². The number of rotatable bonds is 13. The number of nitrogens with zero attached hydrogens (tertiary/aromatic N) is 6. The van der Waals surface area contributed by atoms with Crippen LogP contribution in [-0.4, -0.2) is 90.7 Å². The van der Waals surface area contributed by atoms with Gasteiger partial charge in [-0.3, -0.25) is 14.4 Å². The third-order valence-electron chi connectivity index (χ3n) is 10.2. The first-order valence-electron chi connectivity index (χ1n) is 18.6. The number of nitrogens with one attached hydrogen (secondary N) is 2. The molecule has 0 saturated carbocycles. The van der Waals surface area contributed by atoms with Gasteiger partial charge in [0, 0.05) is 30.6 Å². The Balaban J connectivity index is 0.937. The van der Waals surface area contributed by atoms with Crippen LogP contribution in [0.25, 0.3) is 32.7 Å². The Morgan fingerprint density at radius 3 is 2.61 bits per heavy atom. The lowest BCUT2D eigenvalue weighted by atomic mass is 9.91. The maximum Gasteiger partial charge on any atom is 0.270 e. The molecule has 290 valence electrons. The SMILES string of the molecule is Cc1ncsc1-c1ccc([C@H](C)NC(=O)[C@@H]2CCCN2C(=O)C(c2cc(OCCN(C)C(=O)c3cc4cc(-c5ccccc5O)nnc4[nH]3)no2)C(C)C)cc1. The topological polar surface area (TPSA) is 180 Å². The highest BCUT2D eigenvalue weighted by Crippen LogP contribution is 2.33. The maximum absolute atomic E-state index is 14.1. The number of thiazole rings is 1. The molecular formula is C41H44N8O6S. The highest BCUT2D eigenvalue weighted by Gasteiger charge is 2.40. The van der Waals surface area contributed by atoms with Gasteiger partial charge >= 0.3 is 0 Å². The number of aromatic amines is 1. The lowest BCUT2D eigenvalue weighted by Crippen LogP contribution is -2.48. The summed E-state index contributed by atoms with van der Waals surface area (Å²) in [6, 6.07) is 19.2. The number of hydrogen-bond acceptors (Lipinski definition) is 11. The first kappa shape index (κ1) is 38.2. The second kappa shape index (κ2) is 16.3. The van der Waals surface area contributed by atoms with Crippen LogP contribution >= 0.6 is 11.3 Å². The van der Waals surface area contributed by atoms with Gasteiger partial charge in [0.25, 0.3) is 11.8 Å². The molecule has 14 nitrogen and oxygen atoms in total. The predicted octanol–water partition coefficient (Wildman–Crippen LogP) is 6.51. The highest BCUT2D eigenvalue weighted by molar-refractivity contribution is 7.13. The van der Waals surface area contributed by atoms with Gasteiger partial charge in [-0.15, -0.1) is 21.5 Å². The fourth-order valence-corrected chi connectivity index (χ4v) is 7.87. The number of H-pyrrole nitrogens is 1. The standard InChI is InChI=1S/C41H44N8O6S/c1-23(2)36(41(53)49-16-8-10-32(49)39(51)43-24(3)26-12-14-27(15-13-26)37-25(4)42-22-56-37)34-21-35(47-55-34)54-18-17-48(5)40(52)31-20-28-19-30(45-46-38(28)44-31)29-9-6-7-11-33(29)50/h6-7,9,11-15,19-24,32,36,50H,8,10,16-18H2,1-5H3,(H,43,51)(H,44,46)/t24-,32-,36?/m0/s1. The number of carbonyl (C=O) groups excluding carboxylic acids is 3. The van der Waals surface area contributed by atoms with E-state index in [2.05, 4.69) is 30.6 Å². The summed E-state index contributed by atoms with van der Waals surface area (Å²) in [5, 5.41) is 26.5. The summed E-state index contributed by atoms with van der Waals surface area (Å²) >= 11 is 1.60. The Bertz CT molecular complexity index is 2350. The van der Waals surface area contributed by atoms with Crippen LogP contribution in [0.5, 0.6) is 11.6 Å². The highest BCUT2D eigenvalue weighted by atomic mass is 32.1. The van der Waals surface area contributed by atoms with Crippen LogP contribution in [0.1, 0.15) is 73.1 Å². The van der Waals surface area contributed by atoms with Gasteiger partial charge in [-0.2, -0.15) is 0 Å². The van der Waals surface area contributed by atoms with Crippen molar-refractivity contribution in [2.75, 3.05) is 26.7 Å². The van der Waals surface area contributed by atoms with Crippen molar-refractivity contribution >= 4 is 40.1 Å². The number of likely N-dealkylation sites (N-methyl/N-ethyl adjacent to an activating group) is 1. The minimum atomic E-state index is -0.672. The van der Waals surface area contributed by atoms with Crippen molar-refractivity contribution < 1.29 is 28.8 Å². The molecule has 1 saturated heterocycles. The molecular weight excluding hydrogens is 733 g/mol. The average Bonchev–Trinajstić information content (AvgIpc) is 4.02. The van der Waals surface area contributed by atoms with E-state index in [9.17, 15) is 19.5 Å². The van der Waals surface area contributed by atoms with Crippen molar-refractivity contribution in [3.05, 3.63) is 95.0 Å². The van der Waals surface area contributed by atoms with Gasteiger partial charge in [-0.1, -0.05) is 50.2 Å². The van der Waals surface area contributed by atoms with Crippen LogP contribution in [0.3, 0.4) is 0 Å². The van der Waals surface area contributed by atoms with E-state index in [1.165, 1.54) is 4.90 Å². The van der Waals surface area contributed by atoms with Crippen molar-refractivity contribution in [3.63, 3.8) is 0 Å². The molecule has 56 heavy (non-hydrogen) atoms. The number of phenols is 1. The molecule has 0 bridgehead atoms. The van der Waals surface area contributed by atoms with Gasteiger partial charge in [0.1, 0.15) is 30.0 Å². The molecule has 0 spiro atoms. The van der Waals surface area contributed by atoms with Crippen LogP contribution in [0.15, 0.2) is 76.8 Å². The minimum absolute atomic E-state index is 0.0881. The number of phenolic OH excluding ortho intramolecular Hbond substituents is 1. The molecule has 0 aliphatic carbocycles. The number of para-hydroxylation sites is 1. The molecule has 5 heterocycles. The number of amides is 3. The van der Waals surface area contributed by atoms with E-state index in [0.717, 1.165) is 21.7 Å². The lowest BCUT2D eigenvalue weighted by molar-refractivity contribution is -0.141. The maximum atomic E-state index is 14.1. The Hall–Kier alpha value is -6.09. The number of aromatic nitrogens is 5. The molecule has 15 heteroatoms. The van der Waals surface area contributed by atoms with E-state index in [1.54, 1.807) is 65.7 Å². The summed E-state index contributed by atoms with van der Waals surface area (Å²) < 4.78 is 11.5. The molecule has 2 aromatic carbocycles. The van der Waals surface area contributed by atoms with Gasteiger partial charge in [0.05, 0.1) is 34.4 Å². The van der Waals surface area contributed by atoms with E-state index < -0.39 is 12.0 Å². The second-order valence-electron chi connectivity index (χ2n) is 14.4. The lowest BCUT2D eigenvalue weighted by Gasteiger charge is -2.29. The quantitative estimate of drug-likeness (QED) is 0.117. The largest absolute Gasteiger partial charge is 0.507 e. The number of carbonyl (C=O) groups is 3. The summed E-state index contributed by atoms with van der Waals surface area (Å²) in [7, 11) is 1.65. The Morgan fingerprint density at radius 1 is 1.09 bits per heavy atom. The number of likely N-dealkylation sites (tertiary alicyclic amines) is 1. The van der Waals surface area contributed by atoms with Crippen molar-refractivity contribution in [2.45, 2.75) is 58.5 Å². The van der Waals surface area contributed by atoms with Gasteiger partial charge in [-0.05, 0) is 73.2 Å². The smallest absolute Gasteiger partial charge is 0.270 e. The normalized spacial score (nSPS) is 15.2. The van der Waals surface area contributed by atoms with Crippen LogP contribution in [-0.2, 0) is 9.59 Å². The van der Waals surface area contributed by atoms with Crippen LogP contribution < -0.4 is 10.1 Å². The zero-order valence-corrected chi connectivity index (χ0v) is 32.7. The van der Waals surface area contributed by atoms with Crippen molar-refractivity contribution in [2.24, 2.45) is 5.92 Å². The van der Waals surface area contributed by atoms with Gasteiger partial charge < -0.3 is 34.5 Å². The summed E-state index contributed by atoms with van der Waals surface area (Å²) in [5.41, 5.74) is 6.68. The fraction of sp³-hybridized carbons (Fsp3) is 0.341. The molecule has 7 rings (SSSR count). The Kier molecular flexibility index (Phi) is 11.1. The van der Waals surface area contributed by atoms with Gasteiger partial charge in [-0.25, -0.2) is 4.98 Å². The molecule has 3 N–H and O–H groups in total. The molecule has 3 amide bonds. The third kappa shape index (κ3) is 7.98. The third-order valence-corrected chi connectivity index (χ3v) is 11.1. The summed E-state index contributed by atoms with van der Waals surface area (Å²) in [6.07, 6.45) is 1.29. The number of aryl methyl sites for hydroxylation is 1. The zero-order valence-electron chi connectivity index (χ0n) is 31.9. The number of fused-ring (bicyclic) bond motifs is 1. The summed E-state index contributed by atoms with van der Waals surface area (Å²) in [4.78, 5) is 52.6. The Morgan fingerprint density at radius 2 is 1.88 bits per heavy atom. The fourth-order valence-electron chi connectivity index (χ4n) is 7.06. The number of aromatic hydroxyl groups is 1. The molecule has 4 aromatic heterocycles. The zero-order chi connectivity index (χ0) is 39.5. The molecule has 1 fully saturated rings. The Labute approximate surface area is 327 Å². The van der Waals surface area contributed by atoms with Crippen molar-refractivity contribution in [1.82, 2.24) is 40.4 Å². The van der Waals surface area contributed by atoms with Crippen LogP contribution in [0, 0.1) is 12.8 Å². The first-order chi connectivity index (χ1) is 27.0. The van der Waals surface area contributed by atoms with E-state index >= 15 is 0 Å². The average molecular weight is 777 g/mol.